The summed E-state index contributed by atoms with van der Waals surface area (Å²) in [6.45, 7) is 3.93. The van der Waals surface area contributed by atoms with Crippen LogP contribution in [0, 0.1) is 0 Å². The molecule has 1 unspecified atom stereocenters. The van der Waals surface area contributed by atoms with Crippen molar-refractivity contribution in [2.75, 3.05) is 25.4 Å². The van der Waals surface area contributed by atoms with Gasteiger partial charge in [0.05, 0.1) is 18.3 Å². The molecule has 6 heteroatoms. The van der Waals surface area contributed by atoms with Crippen molar-refractivity contribution < 1.29 is 4.79 Å². The number of likely N-dealkylation sites (N-methyl/N-ethyl adjacent to an activating group) is 1. The first-order valence-corrected chi connectivity index (χ1v) is 6.30. The van der Waals surface area contributed by atoms with Gasteiger partial charge in [-0.3, -0.25) is 9.69 Å². The van der Waals surface area contributed by atoms with E-state index in [0.29, 0.717) is 18.9 Å². The number of nitrogens with zero attached hydrogens (tertiary/aromatic N) is 3. The summed E-state index contributed by atoms with van der Waals surface area (Å²) >= 11 is 0. The van der Waals surface area contributed by atoms with E-state index in [1.54, 1.807) is 6.07 Å². The number of aromatic nitrogens is 2. The molecule has 1 aromatic heterocycles. The van der Waals surface area contributed by atoms with Gasteiger partial charge < -0.3 is 11.1 Å². The van der Waals surface area contributed by atoms with Gasteiger partial charge in [-0.15, -0.1) is 5.10 Å². The van der Waals surface area contributed by atoms with Gasteiger partial charge in [0.15, 0.2) is 0 Å². The third kappa shape index (κ3) is 2.95. The Balaban J connectivity index is 2.03. The first-order valence-electron chi connectivity index (χ1n) is 6.30. The Kier molecular flexibility index (Phi) is 4.09. The molecule has 1 atom stereocenters. The van der Waals surface area contributed by atoms with Gasteiger partial charge in [0, 0.05) is 6.54 Å². The largest absolute Gasteiger partial charge is 0.382 e. The molecule has 1 fully saturated rings. The number of hydrogen-bond acceptors (Lipinski definition) is 5. The average Bonchev–Trinajstić information content (AvgIpc) is 2.78. The fourth-order valence-corrected chi connectivity index (χ4v) is 2.32. The summed E-state index contributed by atoms with van der Waals surface area (Å²) in [5, 5.41) is 10.8. The lowest BCUT2D eigenvalue weighted by atomic mass is 10.1. The minimum atomic E-state index is 0.0628. The van der Waals surface area contributed by atoms with Crippen molar-refractivity contribution in [2.24, 2.45) is 0 Å². The second-order valence-corrected chi connectivity index (χ2v) is 4.47. The van der Waals surface area contributed by atoms with Crippen molar-refractivity contribution in [1.29, 1.82) is 0 Å². The minimum absolute atomic E-state index is 0.0628. The minimum Gasteiger partial charge on any atom is -0.382 e. The Morgan fingerprint density at radius 3 is 3.06 bits per heavy atom. The zero-order valence-corrected chi connectivity index (χ0v) is 10.6. The summed E-state index contributed by atoms with van der Waals surface area (Å²) < 4.78 is 0. The van der Waals surface area contributed by atoms with E-state index in [0.717, 1.165) is 25.1 Å². The Hall–Kier alpha value is -1.69. The van der Waals surface area contributed by atoms with E-state index >= 15 is 0 Å². The Morgan fingerprint density at radius 2 is 2.39 bits per heavy atom. The van der Waals surface area contributed by atoms with Crippen molar-refractivity contribution in [1.82, 2.24) is 20.4 Å². The molecular weight excluding hydrogens is 230 g/mol. The molecule has 1 aliphatic rings. The smallest absolute Gasteiger partial charge is 0.234 e. The summed E-state index contributed by atoms with van der Waals surface area (Å²) in [6.07, 6.45) is 2.09. The van der Waals surface area contributed by atoms with Crippen molar-refractivity contribution in [3.8, 4) is 0 Å². The Bertz CT molecular complexity index is 405. The van der Waals surface area contributed by atoms with E-state index in [2.05, 4.69) is 20.4 Å². The topological polar surface area (TPSA) is 84.1 Å². The van der Waals surface area contributed by atoms with Crippen LogP contribution in [0.5, 0.6) is 0 Å². The van der Waals surface area contributed by atoms with Gasteiger partial charge in [-0.05, 0) is 38.4 Å². The number of hydrogen-bond donors (Lipinski definition) is 2. The molecule has 0 bridgehead atoms. The maximum absolute atomic E-state index is 11.6. The zero-order valence-electron chi connectivity index (χ0n) is 10.6. The summed E-state index contributed by atoms with van der Waals surface area (Å²) in [5.41, 5.74) is 6.42. The second-order valence-electron chi connectivity index (χ2n) is 4.47. The fraction of sp³-hybridized carbons (Fsp3) is 0.583. The molecule has 3 N–H and O–H groups in total. The third-order valence-electron chi connectivity index (χ3n) is 3.13. The highest BCUT2D eigenvalue weighted by molar-refractivity contribution is 5.78. The summed E-state index contributed by atoms with van der Waals surface area (Å²) in [4.78, 5) is 13.8. The molecule has 0 saturated carbocycles. The van der Waals surface area contributed by atoms with Crippen LogP contribution in [0.2, 0.25) is 0 Å². The number of nitrogens with one attached hydrogen (secondary N) is 1. The van der Waals surface area contributed by atoms with E-state index in [9.17, 15) is 4.79 Å². The molecule has 1 aliphatic heterocycles. The number of likely N-dealkylation sites (tertiary alicyclic amines) is 1. The monoisotopic (exact) mass is 249 g/mol. The Morgan fingerprint density at radius 1 is 1.56 bits per heavy atom. The summed E-state index contributed by atoms with van der Waals surface area (Å²) in [7, 11) is 0. The van der Waals surface area contributed by atoms with Crippen LogP contribution in [-0.2, 0) is 4.79 Å². The van der Waals surface area contributed by atoms with Gasteiger partial charge in [-0.1, -0.05) is 0 Å². The molecule has 2 rings (SSSR count). The molecule has 98 valence electrons. The first-order chi connectivity index (χ1) is 8.70. The van der Waals surface area contributed by atoms with Gasteiger partial charge in [-0.2, -0.15) is 5.10 Å². The van der Waals surface area contributed by atoms with Crippen molar-refractivity contribution in [3.05, 3.63) is 17.8 Å². The SMILES string of the molecule is CCNC(=O)CN1CCCC1c1ccc(N)nn1. The number of nitrogens with two attached hydrogens (primary N) is 1. The van der Waals surface area contributed by atoms with Gasteiger partial charge in [-0.25, -0.2) is 0 Å². The number of nitrogen functional groups attached to an aromatic ring is 1. The lowest BCUT2D eigenvalue weighted by Crippen LogP contribution is -2.37. The highest BCUT2D eigenvalue weighted by atomic mass is 16.2. The first kappa shape index (κ1) is 12.8. The molecule has 1 saturated heterocycles. The molecule has 2 heterocycles. The third-order valence-corrected chi connectivity index (χ3v) is 3.13. The molecular formula is C12H19N5O. The number of rotatable bonds is 4. The van der Waals surface area contributed by atoms with Crippen molar-refractivity contribution >= 4 is 11.7 Å². The van der Waals surface area contributed by atoms with Crippen LogP contribution in [0.3, 0.4) is 0 Å². The highest BCUT2D eigenvalue weighted by Gasteiger charge is 2.28. The normalized spacial score (nSPS) is 19.9. The Labute approximate surface area is 107 Å². The van der Waals surface area contributed by atoms with Crippen LogP contribution < -0.4 is 11.1 Å². The average molecular weight is 249 g/mol. The van der Waals surface area contributed by atoms with Crippen LogP contribution in [0.4, 0.5) is 5.82 Å². The van der Waals surface area contributed by atoms with Gasteiger partial charge in [0.2, 0.25) is 5.91 Å². The van der Waals surface area contributed by atoms with Crippen LogP contribution in [-0.4, -0.2) is 40.6 Å². The van der Waals surface area contributed by atoms with E-state index in [-0.39, 0.29) is 11.9 Å². The number of carbonyl (C=O) groups excluding carboxylic acids is 1. The maximum atomic E-state index is 11.6. The zero-order chi connectivity index (χ0) is 13.0. The van der Waals surface area contributed by atoms with Crippen molar-refractivity contribution in [2.45, 2.75) is 25.8 Å². The van der Waals surface area contributed by atoms with E-state index in [1.807, 2.05) is 13.0 Å². The van der Waals surface area contributed by atoms with Gasteiger partial charge in [0.25, 0.3) is 0 Å². The lowest BCUT2D eigenvalue weighted by Gasteiger charge is -2.22. The molecule has 18 heavy (non-hydrogen) atoms. The maximum Gasteiger partial charge on any atom is 0.234 e. The fourth-order valence-electron chi connectivity index (χ4n) is 2.32. The number of amides is 1. The predicted molar refractivity (Wildman–Crippen MR) is 68.7 cm³/mol. The molecule has 1 amide bonds. The standard InChI is InChI=1S/C12H19N5O/c1-2-14-12(18)8-17-7-3-4-10(17)9-5-6-11(13)16-15-9/h5-6,10H,2-4,7-8H2,1H3,(H2,13,16)(H,14,18). The van der Waals surface area contributed by atoms with Crippen molar-refractivity contribution in [3.63, 3.8) is 0 Å². The number of anilines is 1. The van der Waals surface area contributed by atoms with Crippen LogP contribution in [0.25, 0.3) is 0 Å². The molecule has 0 spiro atoms. The molecule has 0 aliphatic carbocycles. The van der Waals surface area contributed by atoms with E-state index in [1.165, 1.54) is 0 Å². The summed E-state index contributed by atoms with van der Waals surface area (Å²) in [6, 6.07) is 3.83. The quantitative estimate of drug-likeness (QED) is 0.803. The second kappa shape index (κ2) is 5.77. The predicted octanol–water partition coefficient (Wildman–Crippen LogP) is 0.332. The van der Waals surface area contributed by atoms with Crippen LogP contribution >= 0.6 is 0 Å². The lowest BCUT2D eigenvalue weighted by molar-refractivity contribution is -0.122. The van der Waals surface area contributed by atoms with Gasteiger partial charge >= 0.3 is 0 Å². The molecule has 0 aromatic carbocycles. The molecule has 1 aromatic rings. The highest BCUT2D eigenvalue weighted by Crippen LogP contribution is 2.29. The molecule has 0 radical (unpaired) electrons. The van der Waals surface area contributed by atoms with E-state index < -0.39 is 0 Å². The summed E-state index contributed by atoms with van der Waals surface area (Å²) in [5.74, 6) is 0.486. The van der Waals surface area contributed by atoms with Crippen LogP contribution in [0.15, 0.2) is 12.1 Å². The van der Waals surface area contributed by atoms with Gasteiger partial charge in [0.1, 0.15) is 5.82 Å². The molecule has 6 nitrogen and oxygen atoms in total. The van der Waals surface area contributed by atoms with Crippen LogP contribution in [0.1, 0.15) is 31.5 Å². The van der Waals surface area contributed by atoms with E-state index in [4.69, 9.17) is 5.73 Å². The number of carbonyl (C=O) groups is 1.